The number of rotatable bonds is 12. The van der Waals surface area contributed by atoms with E-state index in [1.165, 1.54) is 33.5 Å². The molecule has 4 aromatic rings. The zero-order chi connectivity index (χ0) is 32.5. The molecule has 240 valence electrons. The molecular formula is C35H36ClN3O6S. The van der Waals surface area contributed by atoms with Gasteiger partial charge in [0.2, 0.25) is 15.9 Å². The van der Waals surface area contributed by atoms with E-state index in [0.29, 0.717) is 49.2 Å². The van der Waals surface area contributed by atoms with Crippen LogP contribution in [0.4, 0.5) is 0 Å². The molecule has 11 heteroatoms. The zero-order valence-corrected chi connectivity index (χ0v) is 27.0. The third kappa shape index (κ3) is 8.52. The molecule has 1 aliphatic rings. The van der Waals surface area contributed by atoms with E-state index in [1.807, 2.05) is 73.7 Å². The Bertz CT molecular complexity index is 1710. The Hall–Kier alpha value is -4.22. The van der Waals surface area contributed by atoms with Crippen molar-refractivity contribution < 1.29 is 27.5 Å². The van der Waals surface area contributed by atoms with Crippen LogP contribution >= 0.6 is 11.6 Å². The van der Waals surface area contributed by atoms with Crippen molar-refractivity contribution in [3.05, 3.63) is 130 Å². The summed E-state index contributed by atoms with van der Waals surface area (Å²) in [4.78, 5) is 29.4. The molecule has 1 atom stereocenters. The van der Waals surface area contributed by atoms with E-state index in [9.17, 15) is 18.0 Å². The van der Waals surface area contributed by atoms with Crippen LogP contribution in [0.3, 0.4) is 0 Å². The minimum Gasteiger partial charge on any atom is -0.484 e. The van der Waals surface area contributed by atoms with Crippen molar-refractivity contribution in [1.29, 1.82) is 0 Å². The van der Waals surface area contributed by atoms with E-state index in [2.05, 4.69) is 5.32 Å². The monoisotopic (exact) mass is 661 g/mol. The van der Waals surface area contributed by atoms with Crippen LogP contribution in [0, 0.1) is 6.92 Å². The molecule has 0 bridgehead atoms. The van der Waals surface area contributed by atoms with Gasteiger partial charge in [0, 0.05) is 31.2 Å². The van der Waals surface area contributed by atoms with Crippen LogP contribution in [0.15, 0.2) is 108 Å². The van der Waals surface area contributed by atoms with Crippen molar-refractivity contribution in [2.24, 2.45) is 0 Å². The van der Waals surface area contributed by atoms with Crippen LogP contribution < -0.4 is 10.1 Å². The summed E-state index contributed by atoms with van der Waals surface area (Å²) in [5.41, 5.74) is 3.47. The van der Waals surface area contributed by atoms with Gasteiger partial charge < -0.3 is 19.7 Å². The highest BCUT2D eigenvalue weighted by atomic mass is 35.5. The molecule has 2 amide bonds. The van der Waals surface area contributed by atoms with Gasteiger partial charge in [-0.1, -0.05) is 83.9 Å². The van der Waals surface area contributed by atoms with Gasteiger partial charge in [-0.25, -0.2) is 8.42 Å². The fourth-order valence-electron chi connectivity index (χ4n) is 5.08. The molecule has 1 heterocycles. The summed E-state index contributed by atoms with van der Waals surface area (Å²) in [7, 11) is -3.67. The Morgan fingerprint density at radius 3 is 2.17 bits per heavy atom. The number of carbonyl (C=O) groups is 2. The Morgan fingerprint density at radius 1 is 0.891 bits per heavy atom. The minimum atomic E-state index is -3.67. The van der Waals surface area contributed by atoms with Crippen molar-refractivity contribution in [1.82, 2.24) is 14.5 Å². The lowest BCUT2D eigenvalue weighted by atomic mass is 10.0. The predicted molar refractivity (Wildman–Crippen MR) is 176 cm³/mol. The molecule has 1 N–H and O–H groups in total. The maximum Gasteiger partial charge on any atom is 0.261 e. The first kappa shape index (κ1) is 33.2. The number of morpholine rings is 1. The molecule has 1 unspecified atom stereocenters. The first-order valence-electron chi connectivity index (χ1n) is 14.9. The van der Waals surface area contributed by atoms with Gasteiger partial charge in [0.25, 0.3) is 5.91 Å². The second-order valence-corrected chi connectivity index (χ2v) is 13.3. The number of hydrogen-bond donors (Lipinski definition) is 1. The first-order chi connectivity index (χ1) is 22.2. The molecule has 1 saturated heterocycles. The smallest absolute Gasteiger partial charge is 0.261 e. The predicted octanol–water partition coefficient (Wildman–Crippen LogP) is 5.13. The fourth-order valence-corrected chi connectivity index (χ4v) is 6.62. The molecule has 46 heavy (non-hydrogen) atoms. The van der Waals surface area contributed by atoms with Crippen LogP contribution in [0.2, 0.25) is 5.02 Å². The van der Waals surface area contributed by atoms with E-state index in [4.69, 9.17) is 21.1 Å². The number of sulfonamides is 1. The van der Waals surface area contributed by atoms with E-state index in [0.717, 1.165) is 16.7 Å². The van der Waals surface area contributed by atoms with E-state index >= 15 is 0 Å². The summed E-state index contributed by atoms with van der Waals surface area (Å²) in [5, 5.41) is 3.56. The maximum atomic E-state index is 13.9. The topological polar surface area (TPSA) is 105 Å². The largest absolute Gasteiger partial charge is 0.484 e. The molecule has 1 aliphatic heterocycles. The lowest BCUT2D eigenvalue weighted by molar-refractivity contribution is -0.143. The van der Waals surface area contributed by atoms with Gasteiger partial charge >= 0.3 is 0 Å². The highest BCUT2D eigenvalue weighted by Crippen LogP contribution is 2.26. The molecule has 0 radical (unpaired) electrons. The van der Waals surface area contributed by atoms with Crippen molar-refractivity contribution in [2.75, 3.05) is 32.9 Å². The minimum absolute atomic E-state index is 0.119. The SMILES string of the molecule is Cc1ccc(CNC(=O)C(c2ccccc2)N(Cc2ccc(Cl)cc2)C(=O)COc2ccc(S(=O)(=O)N3CCOCC3)cc2)cc1. The van der Waals surface area contributed by atoms with Gasteiger partial charge in [-0.2, -0.15) is 4.31 Å². The average Bonchev–Trinajstić information content (AvgIpc) is 3.08. The standard InChI is InChI=1S/C35H36ClN3O6S/c1-26-7-9-27(10-8-26)23-37-35(41)34(29-5-3-2-4-6-29)39(24-28-11-13-30(36)14-12-28)33(40)25-45-31-15-17-32(18-16-31)46(42,43)38-19-21-44-22-20-38/h2-18,34H,19-25H2,1H3,(H,37,41). The van der Waals surface area contributed by atoms with Crippen LogP contribution in [-0.4, -0.2) is 62.3 Å². The molecule has 0 aliphatic carbocycles. The number of benzene rings is 4. The van der Waals surface area contributed by atoms with E-state index in [-0.39, 0.29) is 24.0 Å². The highest BCUT2D eigenvalue weighted by Gasteiger charge is 2.32. The third-order valence-electron chi connectivity index (χ3n) is 7.64. The molecule has 5 rings (SSSR count). The van der Waals surface area contributed by atoms with Crippen molar-refractivity contribution >= 4 is 33.4 Å². The van der Waals surface area contributed by atoms with Gasteiger partial charge in [0.05, 0.1) is 18.1 Å². The fraction of sp³-hybridized carbons (Fsp3) is 0.257. The Kier molecular flexibility index (Phi) is 11.1. The lowest BCUT2D eigenvalue weighted by Crippen LogP contribution is -2.45. The Labute approximate surface area is 274 Å². The normalized spacial score (nSPS) is 14.3. The third-order valence-corrected chi connectivity index (χ3v) is 9.81. The molecule has 0 aromatic heterocycles. The Morgan fingerprint density at radius 2 is 1.52 bits per heavy atom. The summed E-state index contributed by atoms with van der Waals surface area (Å²) >= 11 is 6.12. The van der Waals surface area contributed by atoms with Crippen molar-refractivity contribution in [2.45, 2.75) is 31.0 Å². The zero-order valence-electron chi connectivity index (χ0n) is 25.5. The first-order valence-corrected chi connectivity index (χ1v) is 16.8. The lowest BCUT2D eigenvalue weighted by Gasteiger charge is -2.31. The van der Waals surface area contributed by atoms with Gasteiger partial charge in [-0.3, -0.25) is 9.59 Å². The van der Waals surface area contributed by atoms with Crippen LogP contribution in [0.1, 0.15) is 28.3 Å². The number of amides is 2. The molecular weight excluding hydrogens is 626 g/mol. The molecule has 1 fully saturated rings. The summed E-state index contributed by atoms with van der Waals surface area (Å²) in [6.45, 7) is 3.32. The number of aryl methyl sites for hydroxylation is 1. The maximum absolute atomic E-state index is 13.9. The van der Waals surface area contributed by atoms with Crippen LogP contribution in [0.25, 0.3) is 0 Å². The van der Waals surface area contributed by atoms with E-state index in [1.54, 1.807) is 12.1 Å². The second kappa shape index (κ2) is 15.4. The van der Waals surface area contributed by atoms with E-state index < -0.39 is 22.0 Å². The van der Waals surface area contributed by atoms with Gasteiger partial charge in [-0.15, -0.1) is 0 Å². The second-order valence-electron chi connectivity index (χ2n) is 10.9. The number of nitrogens with one attached hydrogen (secondary N) is 1. The molecule has 9 nitrogen and oxygen atoms in total. The summed E-state index contributed by atoms with van der Waals surface area (Å²) in [6.07, 6.45) is 0. The van der Waals surface area contributed by atoms with Crippen LogP contribution in [0.5, 0.6) is 5.75 Å². The van der Waals surface area contributed by atoms with Gasteiger partial charge in [0.1, 0.15) is 11.8 Å². The van der Waals surface area contributed by atoms with Crippen molar-refractivity contribution in [3.8, 4) is 5.75 Å². The average molecular weight is 662 g/mol. The quantitative estimate of drug-likeness (QED) is 0.226. The summed E-state index contributed by atoms with van der Waals surface area (Å²) < 4.78 is 38.5. The van der Waals surface area contributed by atoms with Crippen LogP contribution in [-0.2, 0) is 37.4 Å². The number of ether oxygens (including phenoxy) is 2. The summed E-state index contributed by atoms with van der Waals surface area (Å²) in [5.74, 6) is -0.452. The summed E-state index contributed by atoms with van der Waals surface area (Å²) in [6, 6.07) is 29.1. The highest BCUT2D eigenvalue weighted by molar-refractivity contribution is 7.89. The number of nitrogens with zero attached hydrogens (tertiary/aromatic N) is 2. The van der Waals surface area contributed by atoms with Gasteiger partial charge in [-0.05, 0) is 60.0 Å². The van der Waals surface area contributed by atoms with Crippen molar-refractivity contribution in [3.63, 3.8) is 0 Å². The Balaban J connectivity index is 1.36. The number of halogens is 1. The molecule has 0 spiro atoms. The number of hydrogen-bond acceptors (Lipinski definition) is 6. The molecule has 0 saturated carbocycles. The molecule has 4 aromatic carbocycles. The number of carbonyl (C=O) groups excluding carboxylic acids is 2. The van der Waals surface area contributed by atoms with Gasteiger partial charge in [0.15, 0.2) is 6.61 Å².